The van der Waals surface area contributed by atoms with Gasteiger partial charge in [0.25, 0.3) is 15.6 Å². The minimum atomic E-state index is -3.80. The van der Waals surface area contributed by atoms with Crippen LogP contribution in [0.15, 0.2) is 44.9 Å². The summed E-state index contributed by atoms with van der Waals surface area (Å²) in [4.78, 5) is 13.5. The molecule has 0 unspecified atom stereocenters. The molecular formula is C18H16ClFN2O3S2. The minimum absolute atomic E-state index is 0.125. The molecule has 0 aliphatic carbocycles. The molecule has 0 bridgehead atoms. The molecule has 3 rings (SSSR count). The molecule has 1 aromatic carbocycles. The normalized spacial score (nSPS) is 12.9. The van der Waals surface area contributed by atoms with Crippen molar-refractivity contribution in [2.24, 2.45) is 4.40 Å². The third-order valence-corrected chi connectivity index (χ3v) is 7.13. The Balaban J connectivity index is 2.32. The van der Waals surface area contributed by atoms with E-state index >= 15 is 0 Å². The zero-order valence-electron chi connectivity index (χ0n) is 14.7. The number of rotatable bonds is 3. The molecule has 0 radical (unpaired) electrons. The first-order valence-electron chi connectivity index (χ1n) is 7.90. The summed E-state index contributed by atoms with van der Waals surface area (Å²) in [5.74, 6) is -0.515. The lowest BCUT2D eigenvalue weighted by molar-refractivity contribution is 0.562. The summed E-state index contributed by atoms with van der Waals surface area (Å²) < 4.78 is 42.3. The van der Waals surface area contributed by atoms with E-state index in [2.05, 4.69) is 4.40 Å². The molecule has 0 N–H and O–H groups in total. The van der Waals surface area contributed by atoms with E-state index in [-0.39, 0.29) is 16.3 Å². The second kappa shape index (κ2) is 6.85. The Kier molecular flexibility index (Phi) is 5.00. The van der Waals surface area contributed by atoms with E-state index in [1.165, 1.54) is 54.7 Å². The molecule has 9 heteroatoms. The van der Waals surface area contributed by atoms with Gasteiger partial charge in [-0.15, -0.1) is 11.3 Å². The number of nitrogens with zero attached hydrogens (tertiary/aromatic N) is 2. The molecule has 27 heavy (non-hydrogen) atoms. The lowest BCUT2D eigenvalue weighted by Crippen LogP contribution is -2.26. The van der Waals surface area contributed by atoms with E-state index in [0.717, 1.165) is 6.21 Å². The molecule has 0 saturated heterocycles. The van der Waals surface area contributed by atoms with Crippen molar-refractivity contribution < 1.29 is 12.8 Å². The van der Waals surface area contributed by atoms with E-state index < -0.39 is 26.1 Å². The highest BCUT2D eigenvalue weighted by atomic mass is 35.5. The summed E-state index contributed by atoms with van der Waals surface area (Å²) in [6.45, 7) is 4.60. The Hall–Kier alpha value is -2.03. The van der Waals surface area contributed by atoms with Crippen LogP contribution in [0.25, 0.3) is 16.0 Å². The van der Waals surface area contributed by atoms with Crippen molar-refractivity contribution in [3.8, 4) is 11.1 Å². The number of sulfonamides is 1. The summed E-state index contributed by atoms with van der Waals surface area (Å²) in [6.07, 6.45) is 1.13. The highest BCUT2D eigenvalue weighted by Crippen LogP contribution is 2.26. The van der Waals surface area contributed by atoms with Gasteiger partial charge in [0, 0.05) is 17.2 Å². The fourth-order valence-corrected chi connectivity index (χ4v) is 4.10. The number of hydrogen-bond acceptors (Lipinski definition) is 4. The smallest absolute Gasteiger partial charge is 0.265 e. The fourth-order valence-electron chi connectivity index (χ4n) is 2.38. The Labute approximate surface area is 164 Å². The average molecular weight is 427 g/mol. The molecule has 2 heterocycles. The van der Waals surface area contributed by atoms with Crippen LogP contribution in [0.2, 0.25) is 5.15 Å². The molecule has 0 fully saturated rings. The van der Waals surface area contributed by atoms with Gasteiger partial charge >= 0.3 is 0 Å². The van der Waals surface area contributed by atoms with Crippen LogP contribution >= 0.6 is 22.9 Å². The largest absolute Gasteiger partial charge is 0.268 e. The summed E-state index contributed by atoms with van der Waals surface area (Å²) in [5.41, 5.74) is 0.238. The van der Waals surface area contributed by atoms with Crippen LogP contribution < -0.4 is 5.56 Å². The summed E-state index contributed by atoms with van der Waals surface area (Å²) in [6, 6.07) is 7.12. The Morgan fingerprint density at radius 1 is 1.26 bits per heavy atom. The van der Waals surface area contributed by atoms with Crippen molar-refractivity contribution in [3.63, 3.8) is 0 Å². The number of aromatic nitrogens is 1. The number of hydrogen-bond donors (Lipinski definition) is 0. The summed E-state index contributed by atoms with van der Waals surface area (Å²) >= 11 is 7.33. The lowest BCUT2D eigenvalue weighted by atomic mass is 10.0. The highest BCUT2D eigenvalue weighted by molar-refractivity contribution is 7.91. The van der Waals surface area contributed by atoms with Crippen LogP contribution in [-0.2, 0) is 10.0 Å². The molecule has 0 saturated carbocycles. The van der Waals surface area contributed by atoms with E-state index in [1.807, 2.05) is 0 Å². The molecule has 3 aromatic rings. The molecule has 0 spiro atoms. The summed E-state index contributed by atoms with van der Waals surface area (Å²) in [5, 5.41) is 1.82. The first-order chi connectivity index (χ1) is 12.5. The molecule has 142 valence electrons. The van der Waals surface area contributed by atoms with Crippen molar-refractivity contribution in [2.45, 2.75) is 25.5 Å². The first kappa shape index (κ1) is 19.7. The first-order valence-corrected chi connectivity index (χ1v) is 10.6. The monoisotopic (exact) mass is 426 g/mol. The van der Waals surface area contributed by atoms with Gasteiger partial charge in [0.15, 0.2) is 0 Å². The van der Waals surface area contributed by atoms with Crippen molar-refractivity contribution in [1.82, 2.24) is 4.40 Å². The van der Waals surface area contributed by atoms with Gasteiger partial charge in [0.05, 0.1) is 10.3 Å². The number of pyridine rings is 1. The third-order valence-electron chi connectivity index (χ3n) is 3.91. The van der Waals surface area contributed by atoms with Crippen LogP contribution in [0.1, 0.15) is 26.3 Å². The van der Waals surface area contributed by atoms with Crippen LogP contribution in [0.5, 0.6) is 0 Å². The van der Waals surface area contributed by atoms with E-state index in [0.29, 0.717) is 10.4 Å². The maximum Gasteiger partial charge on any atom is 0.265 e. The molecule has 0 atom stereocenters. The van der Waals surface area contributed by atoms with Gasteiger partial charge in [-0.25, -0.2) is 12.8 Å². The Bertz CT molecular complexity index is 1220. The maximum atomic E-state index is 13.7. The van der Waals surface area contributed by atoms with Crippen molar-refractivity contribution >= 4 is 44.0 Å². The van der Waals surface area contributed by atoms with Crippen LogP contribution in [0.3, 0.4) is 0 Å². The predicted molar refractivity (Wildman–Crippen MR) is 108 cm³/mol. The van der Waals surface area contributed by atoms with Crippen LogP contribution in [-0.4, -0.2) is 23.8 Å². The second-order valence-electron chi connectivity index (χ2n) is 6.84. The molecule has 0 aliphatic rings. The number of benzene rings is 1. The van der Waals surface area contributed by atoms with E-state index in [9.17, 15) is 17.6 Å². The van der Waals surface area contributed by atoms with Gasteiger partial charge in [-0.3, -0.25) is 9.20 Å². The third kappa shape index (κ3) is 3.69. The maximum absolute atomic E-state index is 13.7. The molecular weight excluding hydrogens is 411 g/mol. The Morgan fingerprint density at radius 2 is 1.96 bits per heavy atom. The minimum Gasteiger partial charge on any atom is -0.268 e. The zero-order valence-corrected chi connectivity index (χ0v) is 17.1. The van der Waals surface area contributed by atoms with Gasteiger partial charge in [-0.2, -0.15) is 4.40 Å². The average Bonchev–Trinajstić information content (AvgIpc) is 2.93. The molecule has 0 amide bonds. The zero-order chi connectivity index (χ0) is 20.0. The topological polar surface area (TPSA) is 68.0 Å². The molecule has 5 nitrogen and oxygen atoms in total. The van der Waals surface area contributed by atoms with E-state index in [1.54, 1.807) is 17.5 Å². The molecule has 0 aliphatic heterocycles. The van der Waals surface area contributed by atoms with Crippen molar-refractivity contribution in [2.75, 3.05) is 0 Å². The van der Waals surface area contributed by atoms with Gasteiger partial charge in [0.2, 0.25) is 0 Å². The standard InChI is InChI=1S/C18H16ClFN2O3S2/c1-18(2,3)27(24,25)21-9-12-8-15-22(14(19)10-26-15)17(23)16(12)11-5-4-6-13(20)7-11/h4-10H,1-3H3. The van der Waals surface area contributed by atoms with Gasteiger partial charge in [-0.05, 0) is 44.5 Å². The van der Waals surface area contributed by atoms with Gasteiger partial charge < -0.3 is 0 Å². The SMILES string of the molecule is CC(C)(C)S(=O)(=O)N=Cc1cc2scc(Cl)n2c(=O)c1-c1cccc(F)c1. The summed E-state index contributed by atoms with van der Waals surface area (Å²) in [7, 11) is -3.80. The van der Waals surface area contributed by atoms with Crippen LogP contribution in [0.4, 0.5) is 4.39 Å². The number of thiazole rings is 1. The molecule has 2 aromatic heterocycles. The predicted octanol–water partition coefficient (Wildman–Crippen LogP) is 4.37. The highest BCUT2D eigenvalue weighted by Gasteiger charge is 2.28. The number of halogens is 2. The number of fused-ring (bicyclic) bond motifs is 1. The van der Waals surface area contributed by atoms with Crippen molar-refractivity contribution in [3.05, 3.63) is 62.6 Å². The van der Waals surface area contributed by atoms with Crippen LogP contribution in [0, 0.1) is 5.82 Å². The van der Waals surface area contributed by atoms with E-state index in [4.69, 9.17) is 11.6 Å². The van der Waals surface area contributed by atoms with Gasteiger partial charge in [0.1, 0.15) is 15.8 Å². The Morgan fingerprint density at radius 3 is 2.59 bits per heavy atom. The van der Waals surface area contributed by atoms with Crippen molar-refractivity contribution in [1.29, 1.82) is 0 Å². The second-order valence-corrected chi connectivity index (χ2v) is 10.5. The lowest BCUT2D eigenvalue weighted by Gasteiger charge is -2.15. The van der Waals surface area contributed by atoms with Gasteiger partial charge in [-0.1, -0.05) is 23.7 Å². The quantitative estimate of drug-likeness (QED) is 0.584. The fraction of sp³-hybridized carbons (Fsp3) is 0.222.